The number of rotatable bonds is 10. The molecule has 1 aromatic heterocycles. The van der Waals surface area contributed by atoms with Crippen LogP contribution in [0.2, 0.25) is 0 Å². The average molecular weight is 560 g/mol. The molecule has 0 radical (unpaired) electrons. The number of aryl methyl sites for hydroxylation is 2. The number of ether oxygens (including phenoxy) is 1. The minimum atomic E-state index is 0. The number of benzene rings is 1. The third kappa shape index (κ3) is 8.56. The molecule has 0 spiro atoms. The molecule has 2 atom stereocenters. The number of hydrogen-bond donors (Lipinski definition) is 2. The molecule has 2 N–H and O–H groups in total. The highest BCUT2D eigenvalue weighted by Gasteiger charge is 2.14. The van der Waals surface area contributed by atoms with Crippen molar-refractivity contribution in [3.8, 4) is 5.75 Å². The number of aliphatic imine (C=N–C) groups is 1. The molecular formula is C23H38IN5OS. The lowest BCUT2D eigenvalue weighted by Crippen LogP contribution is -2.43. The maximum absolute atomic E-state index is 5.44. The van der Waals surface area contributed by atoms with E-state index in [1.165, 1.54) is 16.2 Å². The van der Waals surface area contributed by atoms with Gasteiger partial charge in [0.05, 0.1) is 12.8 Å². The quantitative estimate of drug-likeness (QED) is 0.193. The van der Waals surface area contributed by atoms with E-state index in [1.54, 1.807) is 7.11 Å². The van der Waals surface area contributed by atoms with Gasteiger partial charge in [0.2, 0.25) is 0 Å². The molecule has 2 aromatic rings. The summed E-state index contributed by atoms with van der Waals surface area (Å²) in [6.07, 6.45) is 0.926. The molecule has 0 amide bonds. The summed E-state index contributed by atoms with van der Waals surface area (Å²) in [7, 11) is 3.72. The largest absolute Gasteiger partial charge is 0.496 e. The summed E-state index contributed by atoms with van der Waals surface area (Å²) >= 11 is 1.82. The number of aromatic nitrogens is 2. The van der Waals surface area contributed by atoms with Crippen LogP contribution in [0.25, 0.3) is 0 Å². The average Bonchev–Trinajstić information content (AvgIpc) is 2.96. The molecule has 0 aliphatic carbocycles. The van der Waals surface area contributed by atoms with Crippen molar-refractivity contribution in [2.75, 3.05) is 26.0 Å². The monoisotopic (exact) mass is 559 g/mol. The predicted octanol–water partition coefficient (Wildman–Crippen LogP) is 4.58. The number of nitrogens with zero attached hydrogens (tertiary/aromatic N) is 3. The van der Waals surface area contributed by atoms with Gasteiger partial charge >= 0.3 is 0 Å². The van der Waals surface area contributed by atoms with Crippen molar-refractivity contribution in [3.63, 3.8) is 0 Å². The Morgan fingerprint density at radius 2 is 1.97 bits per heavy atom. The number of para-hydroxylation sites is 1. The van der Waals surface area contributed by atoms with Crippen molar-refractivity contribution in [2.45, 2.75) is 52.0 Å². The first-order valence-electron chi connectivity index (χ1n) is 10.6. The smallest absolute Gasteiger partial charge is 0.191 e. The maximum Gasteiger partial charge on any atom is 0.191 e. The molecule has 0 saturated carbocycles. The standard InChI is InChI=1S/C23H37N5OS.HI/c1-8-24-23(26-17(3)13-20-18(4)27-28(6)19(20)5)25-14-16(2)15-30-22-12-10-9-11-21(22)29-7;/h9-12,16-17H,8,13-15H2,1-7H3,(H2,24,25,26);1H. The van der Waals surface area contributed by atoms with Crippen molar-refractivity contribution in [2.24, 2.45) is 18.0 Å². The van der Waals surface area contributed by atoms with Crippen LogP contribution in [0, 0.1) is 19.8 Å². The molecule has 0 aliphatic heterocycles. The zero-order valence-electron chi connectivity index (χ0n) is 19.9. The van der Waals surface area contributed by atoms with Gasteiger partial charge in [-0.1, -0.05) is 19.1 Å². The summed E-state index contributed by atoms with van der Waals surface area (Å²) in [4.78, 5) is 6.01. The van der Waals surface area contributed by atoms with Crippen LogP contribution in [0.4, 0.5) is 0 Å². The zero-order valence-corrected chi connectivity index (χ0v) is 23.0. The molecular weight excluding hydrogens is 521 g/mol. The van der Waals surface area contributed by atoms with Gasteiger partial charge in [0.15, 0.2) is 5.96 Å². The molecule has 8 heteroatoms. The third-order valence-electron chi connectivity index (χ3n) is 5.05. The topological polar surface area (TPSA) is 63.5 Å². The second kappa shape index (κ2) is 13.9. The Balaban J connectivity index is 0.00000480. The minimum absolute atomic E-state index is 0. The molecule has 1 heterocycles. The summed E-state index contributed by atoms with van der Waals surface area (Å²) in [5.41, 5.74) is 3.65. The van der Waals surface area contributed by atoms with E-state index in [4.69, 9.17) is 9.73 Å². The Morgan fingerprint density at radius 3 is 2.58 bits per heavy atom. The lowest BCUT2D eigenvalue weighted by atomic mass is 10.1. The van der Waals surface area contributed by atoms with Gasteiger partial charge in [0.25, 0.3) is 0 Å². The van der Waals surface area contributed by atoms with Crippen LogP contribution in [0.15, 0.2) is 34.2 Å². The van der Waals surface area contributed by atoms with Gasteiger partial charge < -0.3 is 15.4 Å². The van der Waals surface area contributed by atoms with E-state index in [0.29, 0.717) is 5.92 Å². The molecule has 1 aromatic carbocycles. The lowest BCUT2D eigenvalue weighted by molar-refractivity contribution is 0.405. The second-order valence-corrected chi connectivity index (χ2v) is 8.87. The first-order chi connectivity index (χ1) is 14.3. The van der Waals surface area contributed by atoms with Crippen LogP contribution < -0.4 is 15.4 Å². The Kier molecular flexibility index (Phi) is 12.4. The van der Waals surface area contributed by atoms with Gasteiger partial charge in [-0.25, -0.2) is 0 Å². The van der Waals surface area contributed by atoms with Crippen molar-refractivity contribution < 1.29 is 4.74 Å². The van der Waals surface area contributed by atoms with Gasteiger partial charge in [-0.3, -0.25) is 9.67 Å². The molecule has 174 valence electrons. The summed E-state index contributed by atoms with van der Waals surface area (Å²) < 4.78 is 7.40. The molecule has 6 nitrogen and oxygen atoms in total. The van der Waals surface area contributed by atoms with Gasteiger partial charge in [-0.05, 0) is 57.7 Å². The number of thioether (sulfide) groups is 1. The summed E-state index contributed by atoms with van der Waals surface area (Å²) in [5.74, 6) is 3.25. The molecule has 0 saturated heterocycles. The fraction of sp³-hybridized carbons (Fsp3) is 0.565. The zero-order chi connectivity index (χ0) is 22.1. The normalized spacial score (nSPS) is 13.3. The van der Waals surface area contributed by atoms with E-state index < -0.39 is 0 Å². The number of nitrogens with one attached hydrogen (secondary N) is 2. The minimum Gasteiger partial charge on any atom is -0.496 e. The van der Waals surface area contributed by atoms with Gasteiger partial charge in [0, 0.05) is 42.5 Å². The predicted molar refractivity (Wildman–Crippen MR) is 143 cm³/mol. The van der Waals surface area contributed by atoms with Crippen LogP contribution in [-0.2, 0) is 13.5 Å². The fourth-order valence-corrected chi connectivity index (χ4v) is 4.33. The van der Waals surface area contributed by atoms with E-state index in [9.17, 15) is 0 Å². The Bertz CT molecular complexity index is 839. The third-order valence-corrected chi connectivity index (χ3v) is 6.43. The van der Waals surface area contributed by atoms with Gasteiger partial charge in [-0.2, -0.15) is 5.10 Å². The number of halogens is 1. The molecule has 0 bridgehead atoms. The number of methoxy groups -OCH3 is 1. The van der Waals surface area contributed by atoms with Crippen LogP contribution in [0.3, 0.4) is 0 Å². The van der Waals surface area contributed by atoms with E-state index in [0.717, 1.165) is 42.7 Å². The first-order valence-corrected chi connectivity index (χ1v) is 11.6. The van der Waals surface area contributed by atoms with Crippen LogP contribution in [0.5, 0.6) is 5.75 Å². The molecule has 0 aliphatic rings. The van der Waals surface area contributed by atoms with E-state index in [-0.39, 0.29) is 30.0 Å². The first kappa shape index (κ1) is 27.6. The number of guanidine groups is 1. The van der Waals surface area contributed by atoms with E-state index in [1.807, 2.05) is 41.7 Å². The Hall–Kier alpha value is -1.42. The highest BCUT2D eigenvalue weighted by atomic mass is 127. The summed E-state index contributed by atoms with van der Waals surface area (Å²) in [6, 6.07) is 8.43. The molecule has 2 unspecified atom stereocenters. The number of hydrogen-bond acceptors (Lipinski definition) is 4. The molecule has 0 fully saturated rings. The molecule has 31 heavy (non-hydrogen) atoms. The Labute approximate surface area is 209 Å². The van der Waals surface area contributed by atoms with Crippen LogP contribution in [-0.4, -0.2) is 47.7 Å². The van der Waals surface area contributed by atoms with E-state index >= 15 is 0 Å². The summed E-state index contributed by atoms with van der Waals surface area (Å²) in [6.45, 7) is 12.3. The lowest BCUT2D eigenvalue weighted by Gasteiger charge is -2.19. The van der Waals surface area contributed by atoms with Crippen molar-refractivity contribution in [1.82, 2.24) is 20.4 Å². The molecule has 2 rings (SSSR count). The Morgan fingerprint density at radius 1 is 1.26 bits per heavy atom. The van der Waals surface area contributed by atoms with Gasteiger partial charge in [0.1, 0.15) is 5.75 Å². The van der Waals surface area contributed by atoms with Gasteiger partial charge in [-0.15, -0.1) is 35.7 Å². The second-order valence-electron chi connectivity index (χ2n) is 7.81. The van der Waals surface area contributed by atoms with Crippen LogP contribution >= 0.6 is 35.7 Å². The van der Waals surface area contributed by atoms with Crippen molar-refractivity contribution in [3.05, 3.63) is 41.2 Å². The van der Waals surface area contributed by atoms with Crippen molar-refractivity contribution in [1.29, 1.82) is 0 Å². The van der Waals surface area contributed by atoms with Crippen LogP contribution in [0.1, 0.15) is 37.7 Å². The SMILES string of the molecule is CCNC(=NCC(C)CSc1ccccc1OC)NC(C)Cc1c(C)nn(C)c1C.I. The fourth-order valence-electron chi connectivity index (χ4n) is 3.29. The highest BCUT2D eigenvalue weighted by Crippen LogP contribution is 2.30. The maximum atomic E-state index is 5.44. The van der Waals surface area contributed by atoms with E-state index in [2.05, 4.69) is 56.4 Å². The van der Waals surface area contributed by atoms with Crippen molar-refractivity contribution >= 4 is 41.7 Å². The highest BCUT2D eigenvalue weighted by molar-refractivity contribution is 14.0. The summed E-state index contributed by atoms with van der Waals surface area (Å²) in [5, 5.41) is 11.5.